The Bertz CT molecular complexity index is 116. The highest BCUT2D eigenvalue weighted by atomic mass is 16.5. The molecule has 0 N–H and O–H groups in total. The molecule has 0 spiro atoms. The Morgan fingerprint density at radius 1 is 1.42 bits per heavy atom. The van der Waals surface area contributed by atoms with Crippen molar-refractivity contribution in [2.24, 2.45) is 0 Å². The lowest BCUT2D eigenvalue weighted by molar-refractivity contribution is 0.00143. The van der Waals surface area contributed by atoms with Crippen LogP contribution in [0.5, 0.6) is 0 Å². The van der Waals surface area contributed by atoms with Crippen LogP contribution in [0.3, 0.4) is 0 Å². The number of likely N-dealkylation sites (tertiary alicyclic amines) is 1. The first-order valence-corrected chi connectivity index (χ1v) is 5.20. The van der Waals surface area contributed by atoms with Crippen LogP contribution in [0.1, 0.15) is 33.1 Å². The largest absolute Gasteiger partial charge is 0.377 e. The molecule has 1 rings (SSSR count). The molecule has 0 radical (unpaired) electrons. The van der Waals surface area contributed by atoms with Crippen molar-refractivity contribution in [3.05, 3.63) is 0 Å². The molecule has 0 aromatic carbocycles. The van der Waals surface area contributed by atoms with Crippen molar-refractivity contribution < 1.29 is 4.74 Å². The Balaban J connectivity index is 2.16. The Kier molecular flexibility index (Phi) is 4.62. The van der Waals surface area contributed by atoms with Gasteiger partial charge in [0.15, 0.2) is 0 Å². The third-order valence-corrected chi connectivity index (χ3v) is 2.47. The summed E-state index contributed by atoms with van der Waals surface area (Å²) in [6, 6.07) is 0. The molecule has 1 fully saturated rings. The summed E-state index contributed by atoms with van der Waals surface area (Å²) in [4.78, 5) is 2.48. The number of nitrogens with zero attached hydrogens (tertiary/aromatic N) is 1. The van der Waals surface area contributed by atoms with Crippen molar-refractivity contribution in [1.82, 2.24) is 4.90 Å². The molecule has 1 aliphatic heterocycles. The first-order chi connectivity index (χ1) is 5.86. The second-order valence-corrected chi connectivity index (χ2v) is 3.53. The van der Waals surface area contributed by atoms with E-state index in [1.807, 2.05) is 0 Å². The summed E-state index contributed by atoms with van der Waals surface area (Å²) >= 11 is 0. The zero-order valence-electron chi connectivity index (χ0n) is 8.38. The van der Waals surface area contributed by atoms with Crippen LogP contribution in [0.2, 0.25) is 0 Å². The second kappa shape index (κ2) is 5.55. The summed E-state index contributed by atoms with van der Waals surface area (Å²) in [7, 11) is 0. The normalized spacial score (nSPS) is 26.0. The van der Waals surface area contributed by atoms with Crippen LogP contribution in [-0.2, 0) is 4.74 Å². The van der Waals surface area contributed by atoms with Crippen molar-refractivity contribution in [3.8, 4) is 0 Å². The van der Waals surface area contributed by atoms with E-state index in [-0.39, 0.29) is 0 Å². The predicted molar refractivity (Wildman–Crippen MR) is 51.4 cm³/mol. The molecule has 0 aliphatic carbocycles. The molecule has 1 saturated heterocycles. The molecule has 1 atom stereocenters. The number of rotatable bonds is 4. The summed E-state index contributed by atoms with van der Waals surface area (Å²) in [5.41, 5.74) is 0. The summed E-state index contributed by atoms with van der Waals surface area (Å²) in [5.74, 6) is 0. The first kappa shape index (κ1) is 10.0. The Hall–Kier alpha value is -0.0800. The summed E-state index contributed by atoms with van der Waals surface area (Å²) in [5, 5.41) is 0. The van der Waals surface area contributed by atoms with Crippen LogP contribution < -0.4 is 0 Å². The molecule has 0 saturated carbocycles. The highest BCUT2D eigenvalue weighted by Crippen LogP contribution is 2.12. The van der Waals surface area contributed by atoms with E-state index < -0.39 is 0 Å². The van der Waals surface area contributed by atoms with Gasteiger partial charge in [0.2, 0.25) is 0 Å². The van der Waals surface area contributed by atoms with Gasteiger partial charge in [-0.15, -0.1) is 0 Å². The third kappa shape index (κ3) is 3.11. The van der Waals surface area contributed by atoms with Gasteiger partial charge in [-0.2, -0.15) is 0 Å². The highest BCUT2D eigenvalue weighted by Gasteiger charge is 2.18. The van der Waals surface area contributed by atoms with E-state index in [0.29, 0.717) is 6.10 Å². The van der Waals surface area contributed by atoms with Crippen LogP contribution in [-0.4, -0.2) is 37.2 Å². The monoisotopic (exact) mass is 171 g/mol. The Morgan fingerprint density at radius 3 is 2.92 bits per heavy atom. The zero-order valence-corrected chi connectivity index (χ0v) is 8.38. The van der Waals surface area contributed by atoms with E-state index in [9.17, 15) is 0 Å². The van der Waals surface area contributed by atoms with E-state index in [4.69, 9.17) is 4.74 Å². The van der Waals surface area contributed by atoms with Gasteiger partial charge in [-0.25, -0.2) is 0 Å². The Morgan fingerprint density at radius 2 is 2.25 bits per heavy atom. The third-order valence-electron chi connectivity index (χ3n) is 2.47. The molecule has 72 valence electrons. The van der Waals surface area contributed by atoms with Gasteiger partial charge in [0, 0.05) is 13.2 Å². The molecule has 0 amide bonds. The number of likely N-dealkylation sites (N-methyl/N-ethyl adjacent to an activating group) is 1. The standard InChI is InChI=1S/C10H21NO/c1-3-8-12-10-6-5-7-11(4-2)9-10/h10H,3-9H2,1-2H3. The maximum Gasteiger partial charge on any atom is 0.0702 e. The quantitative estimate of drug-likeness (QED) is 0.640. The summed E-state index contributed by atoms with van der Waals surface area (Å²) in [6.07, 6.45) is 4.22. The van der Waals surface area contributed by atoms with Gasteiger partial charge >= 0.3 is 0 Å². The molecular formula is C10H21NO. The van der Waals surface area contributed by atoms with E-state index in [1.165, 1.54) is 25.9 Å². The van der Waals surface area contributed by atoms with Gasteiger partial charge < -0.3 is 9.64 Å². The van der Waals surface area contributed by atoms with Crippen LogP contribution in [0.4, 0.5) is 0 Å². The molecule has 0 bridgehead atoms. The fourth-order valence-electron chi connectivity index (χ4n) is 1.72. The highest BCUT2D eigenvalue weighted by molar-refractivity contribution is 4.71. The van der Waals surface area contributed by atoms with Crippen LogP contribution in [0.25, 0.3) is 0 Å². The van der Waals surface area contributed by atoms with E-state index in [2.05, 4.69) is 18.7 Å². The molecule has 1 heterocycles. The molecule has 0 aromatic rings. The molecule has 2 heteroatoms. The first-order valence-electron chi connectivity index (χ1n) is 5.20. The summed E-state index contributed by atoms with van der Waals surface area (Å²) in [6.45, 7) is 8.91. The van der Waals surface area contributed by atoms with Gasteiger partial charge in [0.1, 0.15) is 0 Å². The van der Waals surface area contributed by atoms with Crippen molar-refractivity contribution >= 4 is 0 Å². The topological polar surface area (TPSA) is 12.5 Å². The fraction of sp³-hybridized carbons (Fsp3) is 1.00. The predicted octanol–water partition coefficient (Wildman–Crippen LogP) is 1.90. The lowest BCUT2D eigenvalue weighted by atomic mass is 10.1. The van der Waals surface area contributed by atoms with Gasteiger partial charge in [-0.3, -0.25) is 0 Å². The minimum absolute atomic E-state index is 0.513. The zero-order chi connectivity index (χ0) is 8.81. The molecular weight excluding hydrogens is 150 g/mol. The molecule has 2 nitrogen and oxygen atoms in total. The van der Waals surface area contributed by atoms with E-state index >= 15 is 0 Å². The molecule has 12 heavy (non-hydrogen) atoms. The average molecular weight is 171 g/mol. The van der Waals surface area contributed by atoms with Crippen molar-refractivity contribution in [2.75, 3.05) is 26.2 Å². The minimum atomic E-state index is 0.513. The number of ether oxygens (including phenoxy) is 1. The van der Waals surface area contributed by atoms with Gasteiger partial charge in [0.05, 0.1) is 6.10 Å². The van der Waals surface area contributed by atoms with E-state index in [1.54, 1.807) is 0 Å². The maximum absolute atomic E-state index is 5.72. The van der Waals surface area contributed by atoms with Crippen molar-refractivity contribution in [3.63, 3.8) is 0 Å². The van der Waals surface area contributed by atoms with Crippen LogP contribution in [0.15, 0.2) is 0 Å². The maximum atomic E-state index is 5.72. The molecule has 1 aliphatic rings. The number of hydrogen-bond acceptors (Lipinski definition) is 2. The van der Waals surface area contributed by atoms with Crippen molar-refractivity contribution in [1.29, 1.82) is 0 Å². The smallest absolute Gasteiger partial charge is 0.0702 e. The molecule has 0 aromatic heterocycles. The fourth-order valence-corrected chi connectivity index (χ4v) is 1.72. The minimum Gasteiger partial charge on any atom is -0.377 e. The van der Waals surface area contributed by atoms with Gasteiger partial charge in [-0.05, 0) is 32.4 Å². The van der Waals surface area contributed by atoms with Crippen LogP contribution >= 0.6 is 0 Å². The number of piperidine rings is 1. The Labute approximate surface area is 75.9 Å². The SMILES string of the molecule is CCCOC1CCCN(CC)C1. The molecule has 1 unspecified atom stereocenters. The summed E-state index contributed by atoms with van der Waals surface area (Å²) < 4.78 is 5.72. The average Bonchev–Trinajstić information content (AvgIpc) is 2.15. The lowest BCUT2D eigenvalue weighted by Crippen LogP contribution is -2.39. The second-order valence-electron chi connectivity index (χ2n) is 3.53. The van der Waals surface area contributed by atoms with Crippen molar-refractivity contribution in [2.45, 2.75) is 39.2 Å². The van der Waals surface area contributed by atoms with Gasteiger partial charge in [-0.1, -0.05) is 13.8 Å². The van der Waals surface area contributed by atoms with Gasteiger partial charge in [0.25, 0.3) is 0 Å². The number of hydrogen-bond donors (Lipinski definition) is 0. The van der Waals surface area contributed by atoms with E-state index in [0.717, 1.165) is 19.6 Å². The lowest BCUT2D eigenvalue weighted by Gasteiger charge is -2.31. The van der Waals surface area contributed by atoms with Crippen LogP contribution in [0, 0.1) is 0 Å².